The molecule has 2 heterocycles. The van der Waals surface area contributed by atoms with E-state index in [0.717, 1.165) is 22.9 Å². The number of nitriles is 1. The zero-order valence-corrected chi connectivity index (χ0v) is 17.3. The number of carbonyl (C=O) groups excluding carboxylic acids is 1. The van der Waals surface area contributed by atoms with Crippen molar-refractivity contribution in [1.82, 2.24) is 10.3 Å². The van der Waals surface area contributed by atoms with Crippen molar-refractivity contribution in [1.29, 1.82) is 5.26 Å². The van der Waals surface area contributed by atoms with Crippen LogP contribution in [0.2, 0.25) is 0 Å². The van der Waals surface area contributed by atoms with Gasteiger partial charge in [-0.1, -0.05) is 59.8 Å². The topological polar surface area (TPSA) is 107 Å². The molecule has 4 rings (SSSR count). The molecule has 0 unspecified atom stereocenters. The lowest BCUT2D eigenvalue weighted by atomic mass is 10.1. The van der Waals surface area contributed by atoms with Crippen LogP contribution >= 0.6 is 11.8 Å². The summed E-state index contributed by atoms with van der Waals surface area (Å²) in [5, 5.41) is 25.7. The van der Waals surface area contributed by atoms with Gasteiger partial charge < -0.3 is 9.63 Å². The second kappa shape index (κ2) is 8.81. The molecule has 31 heavy (non-hydrogen) atoms. The molecule has 0 saturated heterocycles. The van der Waals surface area contributed by atoms with E-state index in [-0.39, 0.29) is 11.4 Å². The van der Waals surface area contributed by atoms with E-state index in [9.17, 15) is 15.2 Å². The van der Waals surface area contributed by atoms with Crippen molar-refractivity contribution in [2.75, 3.05) is 5.75 Å². The highest BCUT2D eigenvalue weighted by Crippen LogP contribution is 2.26. The molecule has 152 valence electrons. The van der Waals surface area contributed by atoms with Crippen LogP contribution in [0, 0.1) is 18.3 Å². The molecule has 7 nitrogen and oxygen atoms in total. The lowest BCUT2D eigenvalue weighted by Gasteiger charge is -2.06. The number of aromatic nitrogens is 3. The molecule has 4 aromatic rings. The number of aryl methyl sites for hydroxylation is 1. The molecule has 0 aliphatic carbocycles. The first-order valence-corrected chi connectivity index (χ1v) is 10.3. The van der Waals surface area contributed by atoms with Crippen molar-refractivity contribution in [2.24, 2.45) is 0 Å². The Morgan fingerprint density at radius 1 is 1.13 bits per heavy atom. The fraction of sp³-hybridized carbons (Fsp3) is 0.0870. The number of nitrogens with zero attached hydrogens (tertiary/aromatic N) is 4. The van der Waals surface area contributed by atoms with Crippen LogP contribution in [0.1, 0.15) is 21.6 Å². The standard InChI is InChI=1S/C23H16N4O3S/c1-15-7-9-16(10-8-15)19-12-11-17(13-24)22(25-19)31-14-20(28)21-23(29)30-26-27(21)18-5-3-2-4-6-18/h2-12H,14H2,1H3. The molecule has 2 aromatic heterocycles. The van der Waals surface area contributed by atoms with Crippen LogP contribution in [-0.4, -0.2) is 21.8 Å². The summed E-state index contributed by atoms with van der Waals surface area (Å²) in [7, 11) is 0. The van der Waals surface area contributed by atoms with Gasteiger partial charge in [0.1, 0.15) is 11.1 Å². The van der Waals surface area contributed by atoms with Gasteiger partial charge in [-0.3, -0.25) is 4.79 Å². The Morgan fingerprint density at radius 2 is 1.87 bits per heavy atom. The minimum absolute atomic E-state index is 0.0949. The van der Waals surface area contributed by atoms with Gasteiger partial charge in [0.25, 0.3) is 0 Å². The molecule has 0 saturated carbocycles. The Balaban J connectivity index is 1.59. The van der Waals surface area contributed by atoms with E-state index in [0.29, 0.717) is 22.0 Å². The van der Waals surface area contributed by atoms with Gasteiger partial charge in [0.2, 0.25) is 11.5 Å². The average molecular weight is 428 g/mol. The molecular formula is C23H16N4O3S. The highest BCUT2D eigenvalue weighted by atomic mass is 32.2. The number of pyridine rings is 1. The Bertz CT molecular complexity index is 1280. The van der Waals surface area contributed by atoms with E-state index < -0.39 is 11.7 Å². The first-order chi connectivity index (χ1) is 15.1. The van der Waals surface area contributed by atoms with E-state index in [2.05, 4.69) is 16.3 Å². The zero-order valence-electron chi connectivity index (χ0n) is 16.5. The second-order valence-corrected chi connectivity index (χ2v) is 7.66. The molecule has 0 N–H and O–H groups in total. The molecule has 0 radical (unpaired) electrons. The number of Topliss-reactive ketones (excluding diaryl/α,β-unsaturated/α-hetero) is 1. The molecule has 0 fully saturated rings. The van der Waals surface area contributed by atoms with Gasteiger partial charge >= 0.3 is 5.69 Å². The molecule has 0 bridgehead atoms. The first kappa shape index (κ1) is 20.3. The Morgan fingerprint density at radius 3 is 2.58 bits per heavy atom. The lowest BCUT2D eigenvalue weighted by molar-refractivity contribution is -0.672. The maximum Gasteiger partial charge on any atom is 0.307 e. The van der Waals surface area contributed by atoms with Crippen LogP contribution in [0.25, 0.3) is 16.9 Å². The summed E-state index contributed by atoms with van der Waals surface area (Å²) in [6.07, 6.45) is 0. The van der Waals surface area contributed by atoms with E-state index in [1.165, 1.54) is 4.68 Å². The zero-order chi connectivity index (χ0) is 21.8. The molecule has 0 spiro atoms. The van der Waals surface area contributed by atoms with E-state index in [1.807, 2.05) is 37.3 Å². The lowest BCUT2D eigenvalue weighted by Crippen LogP contribution is -2.39. The summed E-state index contributed by atoms with van der Waals surface area (Å²) >= 11 is 1.10. The summed E-state index contributed by atoms with van der Waals surface area (Å²) in [5.74, 6) is -1.37. The van der Waals surface area contributed by atoms with Crippen molar-refractivity contribution in [3.8, 4) is 29.0 Å². The van der Waals surface area contributed by atoms with Gasteiger partial charge in [-0.05, 0) is 23.7 Å². The Labute approximate surface area is 182 Å². The highest BCUT2D eigenvalue weighted by molar-refractivity contribution is 8.00. The number of thioether (sulfide) groups is 1. The van der Waals surface area contributed by atoms with Crippen molar-refractivity contribution >= 4 is 17.5 Å². The van der Waals surface area contributed by atoms with Crippen LogP contribution in [0.15, 0.2) is 76.3 Å². The number of para-hydroxylation sites is 1. The largest absolute Gasteiger partial charge is 0.539 e. The summed E-state index contributed by atoms with van der Waals surface area (Å²) < 4.78 is 5.90. The number of hydrogen-bond acceptors (Lipinski definition) is 7. The third-order valence-electron chi connectivity index (χ3n) is 4.54. The number of benzene rings is 2. The maximum atomic E-state index is 12.8. The van der Waals surface area contributed by atoms with Gasteiger partial charge in [0.15, 0.2) is 5.95 Å². The van der Waals surface area contributed by atoms with E-state index >= 15 is 0 Å². The average Bonchev–Trinajstić information content (AvgIpc) is 3.20. The summed E-state index contributed by atoms with van der Waals surface area (Å²) in [5.41, 5.74) is 3.46. The smallest absolute Gasteiger partial charge is 0.307 e. The predicted molar refractivity (Wildman–Crippen MR) is 112 cm³/mol. The van der Waals surface area contributed by atoms with E-state index in [1.54, 1.807) is 36.4 Å². The molecule has 0 aliphatic rings. The summed E-state index contributed by atoms with van der Waals surface area (Å²) in [6.45, 7) is 2.00. The minimum atomic E-state index is -0.809. The number of rotatable bonds is 6. The molecule has 0 amide bonds. The fourth-order valence-corrected chi connectivity index (χ4v) is 3.79. The van der Waals surface area contributed by atoms with Crippen molar-refractivity contribution in [3.63, 3.8) is 0 Å². The van der Waals surface area contributed by atoms with Crippen molar-refractivity contribution in [3.05, 3.63) is 83.6 Å². The van der Waals surface area contributed by atoms with Gasteiger partial charge in [-0.25, -0.2) is 4.98 Å². The van der Waals surface area contributed by atoms with Crippen LogP contribution < -0.4 is 9.79 Å². The number of carbonyl (C=O) groups is 1. The molecule has 8 heteroatoms. The van der Waals surface area contributed by atoms with Gasteiger partial charge in [-0.15, -0.1) is 0 Å². The number of hydrogen-bond donors (Lipinski definition) is 0. The minimum Gasteiger partial charge on any atom is -0.539 e. The fourth-order valence-electron chi connectivity index (χ4n) is 2.95. The summed E-state index contributed by atoms with van der Waals surface area (Å²) in [6, 6.07) is 22.2. The second-order valence-electron chi connectivity index (χ2n) is 6.70. The molecular weight excluding hydrogens is 412 g/mol. The molecule has 0 aliphatic heterocycles. The SMILES string of the molecule is Cc1ccc(-c2ccc(C#N)c(SCC(=O)c3c([O-])on[n+]3-c3ccccc3)n2)cc1. The normalized spacial score (nSPS) is 10.6. The highest BCUT2D eigenvalue weighted by Gasteiger charge is 2.27. The van der Waals surface area contributed by atoms with Crippen molar-refractivity contribution in [2.45, 2.75) is 11.9 Å². The summed E-state index contributed by atoms with van der Waals surface area (Å²) in [4.78, 5) is 17.4. The monoisotopic (exact) mass is 428 g/mol. The molecule has 2 aromatic carbocycles. The third-order valence-corrected chi connectivity index (χ3v) is 5.53. The predicted octanol–water partition coefficient (Wildman–Crippen LogP) is 3.24. The Kier molecular flexibility index (Phi) is 5.78. The van der Waals surface area contributed by atoms with Gasteiger partial charge in [0.05, 0.1) is 22.3 Å². The van der Waals surface area contributed by atoms with Crippen LogP contribution in [0.3, 0.4) is 0 Å². The molecule has 0 atom stereocenters. The van der Waals surface area contributed by atoms with Crippen LogP contribution in [-0.2, 0) is 0 Å². The van der Waals surface area contributed by atoms with Gasteiger partial charge in [-0.2, -0.15) is 5.26 Å². The number of ketones is 1. The first-order valence-electron chi connectivity index (χ1n) is 9.35. The maximum absolute atomic E-state index is 12.8. The van der Waals surface area contributed by atoms with Gasteiger partial charge in [0, 0.05) is 17.7 Å². The van der Waals surface area contributed by atoms with Crippen molar-refractivity contribution < 1.29 is 19.1 Å². The third kappa shape index (κ3) is 4.32. The quantitative estimate of drug-likeness (QED) is 0.264. The van der Waals surface area contributed by atoms with Crippen LogP contribution in [0.4, 0.5) is 0 Å². The van der Waals surface area contributed by atoms with E-state index in [4.69, 9.17) is 4.52 Å². The Hall–Kier alpha value is -3.96. The van der Waals surface area contributed by atoms with Crippen LogP contribution in [0.5, 0.6) is 5.95 Å².